The molecule has 5 heteroatoms. The van der Waals surface area contributed by atoms with Gasteiger partial charge in [-0.05, 0) is 31.4 Å². The number of pyridine rings is 1. The number of aryl methyl sites for hydroxylation is 1. The van der Waals surface area contributed by atoms with Crippen molar-refractivity contribution in [2.75, 3.05) is 7.11 Å². The highest BCUT2D eigenvalue weighted by atomic mass is 16.5. The first-order chi connectivity index (χ1) is 11.5. The highest BCUT2D eigenvalue weighted by molar-refractivity contribution is 6.11. The number of ether oxygens (including phenoxy) is 1. The fourth-order valence-electron chi connectivity index (χ4n) is 2.82. The van der Waals surface area contributed by atoms with Gasteiger partial charge in [0.2, 0.25) is 0 Å². The van der Waals surface area contributed by atoms with Crippen molar-refractivity contribution in [3.05, 3.63) is 41.2 Å². The quantitative estimate of drug-likeness (QED) is 0.567. The Hall–Kier alpha value is -2.69. The lowest BCUT2D eigenvalue weighted by Crippen LogP contribution is -2.10. The second-order valence-electron chi connectivity index (χ2n) is 5.77. The average Bonchev–Trinajstić information content (AvgIpc) is 2.94. The second-order valence-corrected chi connectivity index (χ2v) is 5.77. The zero-order chi connectivity index (χ0) is 17.9. The Morgan fingerprint density at radius 1 is 1.29 bits per heavy atom. The number of nitrogens with zero attached hydrogens (tertiary/aromatic N) is 1. The number of carbonyl (C=O) groups excluding carboxylic acids is 2. The third-order valence-corrected chi connectivity index (χ3v) is 3.85. The smallest absolute Gasteiger partial charge is 0.356 e. The number of hydrogen-bond donors (Lipinski definition) is 1. The van der Waals surface area contributed by atoms with E-state index in [0.717, 1.165) is 39.3 Å². The van der Waals surface area contributed by atoms with Crippen molar-refractivity contribution in [3.63, 3.8) is 0 Å². The second kappa shape index (κ2) is 7.25. The van der Waals surface area contributed by atoms with Crippen LogP contribution in [0.4, 0.5) is 0 Å². The van der Waals surface area contributed by atoms with E-state index in [1.807, 2.05) is 25.1 Å². The Morgan fingerprint density at radius 2 is 1.92 bits per heavy atom. The van der Waals surface area contributed by atoms with Gasteiger partial charge in [0, 0.05) is 16.3 Å². The van der Waals surface area contributed by atoms with Crippen molar-refractivity contribution < 1.29 is 14.3 Å². The van der Waals surface area contributed by atoms with Crippen LogP contribution >= 0.6 is 0 Å². The number of rotatable bonds is 2. The van der Waals surface area contributed by atoms with Gasteiger partial charge in [0.1, 0.15) is 6.29 Å². The van der Waals surface area contributed by atoms with Gasteiger partial charge in [-0.1, -0.05) is 32.0 Å². The molecule has 2 heterocycles. The van der Waals surface area contributed by atoms with Crippen LogP contribution in [0.25, 0.3) is 21.8 Å². The van der Waals surface area contributed by atoms with Crippen molar-refractivity contribution in [2.24, 2.45) is 0 Å². The molecular formula is C19H22N2O3. The van der Waals surface area contributed by atoms with Crippen molar-refractivity contribution in [2.45, 2.75) is 33.6 Å². The number of hydrogen-bond acceptors (Lipinski definition) is 4. The third-order valence-electron chi connectivity index (χ3n) is 3.85. The molecular weight excluding hydrogens is 304 g/mol. The topological polar surface area (TPSA) is 72.1 Å². The molecule has 0 atom stereocenters. The lowest BCUT2D eigenvalue weighted by molar-refractivity contribution is -0.106. The summed E-state index contributed by atoms with van der Waals surface area (Å²) in [6.45, 7) is 7.51. The molecule has 0 unspecified atom stereocenters. The van der Waals surface area contributed by atoms with Gasteiger partial charge in [-0.15, -0.1) is 0 Å². The number of para-hydroxylation sites is 1. The summed E-state index contributed by atoms with van der Waals surface area (Å²) >= 11 is 0. The molecule has 3 aromatic rings. The first-order valence-corrected chi connectivity index (χ1v) is 7.85. The van der Waals surface area contributed by atoms with Crippen LogP contribution in [0.2, 0.25) is 0 Å². The molecule has 2 aromatic heterocycles. The predicted octanol–water partition coefficient (Wildman–Crippen LogP) is 4.14. The van der Waals surface area contributed by atoms with Gasteiger partial charge in [-0.25, -0.2) is 9.78 Å². The van der Waals surface area contributed by atoms with E-state index in [1.54, 1.807) is 0 Å². The number of aromatic nitrogens is 2. The number of nitrogens with one attached hydrogen (secondary N) is 1. The third kappa shape index (κ3) is 3.02. The first kappa shape index (κ1) is 17.7. The molecule has 5 nitrogen and oxygen atoms in total. The lowest BCUT2D eigenvalue weighted by Gasteiger charge is -2.11. The first-order valence-electron chi connectivity index (χ1n) is 7.85. The van der Waals surface area contributed by atoms with E-state index in [1.165, 1.54) is 14.0 Å². The Kier molecular flexibility index (Phi) is 5.34. The van der Waals surface area contributed by atoms with Crippen LogP contribution in [0, 0.1) is 6.92 Å². The fraction of sp³-hybridized carbons (Fsp3) is 0.316. The molecule has 1 aromatic carbocycles. The van der Waals surface area contributed by atoms with Crippen LogP contribution in [0.15, 0.2) is 24.3 Å². The summed E-state index contributed by atoms with van der Waals surface area (Å²) in [6.07, 6.45) is 0.750. The summed E-state index contributed by atoms with van der Waals surface area (Å²) < 4.78 is 4.88. The zero-order valence-corrected chi connectivity index (χ0v) is 14.6. The Labute approximate surface area is 141 Å². The van der Waals surface area contributed by atoms with Gasteiger partial charge in [0.15, 0.2) is 5.69 Å². The number of carbonyl (C=O) groups is 2. The molecule has 0 saturated heterocycles. The van der Waals surface area contributed by atoms with Crippen LogP contribution in [-0.2, 0) is 9.53 Å². The minimum absolute atomic E-state index is 0.213. The summed E-state index contributed by atoms with van der Waals surface area (Å²) in [5.74, 6) is -0.175. The van der Waals surface area contributed by atoms with Crippen LogP contribution in [0.5, 0.6) is 0 Å². The number of aromatic amines is 1. The molecule has 1 N–H and O–H groups in total. The van der Waals surface area contributed by atoms with Gasteiger partial charge in [-0.3, -0.25) is 0 Å². The van der Waals surface area contributed by atoms with Gasteiger partial charge in [0.25, 0.3) is 0 Å². The highest BCUT2D eigenvalue weighted by Gasteiger charge is 2.21. The van der Waals surface area contributed by atoms with Crippen molar-refractivity contribution in [3.8, 4) is 0 Å². The SMILES string of the molecule is CC=O.COC(=O)c1nc(C(C)C)c2[nH]c3ccccc3c2c1C. The monoisotopic (exact) mass is 326 g/mol. The predicted molar refractivity (Wildman–Crippen MR) is 95.5 cm³/mol. The Balaban J connectivity index is 0.000000647. The molecule has 0 aliphatic carbocycles. The molecule has 3 rings (SSSR count). The summed E-state index contributed by atoms with van der Waals surface area (Å²) in [5.41, 5.74) is 4.22. The molecule has 0 fully saturated rings. The number of benzene rings is 1. The van der Waals surface area contributed by atoms with Crippen LogP contribution in [-0.4, -0.2) is 29.3 Å². The van der Waals surface area contributed by atoms with Gasteiger partial charge < -0.3 is 14.5 Å². The molecule has 0 bridgehead atoms. The zero-order valence-electron chi connectivity index (χ0n) is 14.6. The van der Waals surface area contributed by atoms with Crippen molar-refractivity contribution in [1.29, 1.82) is 0 Å². The normalized spacial score (nSPS) is 10.6. The Bertz CT molecular complexity index is 894. The summed E-state index contributed by atoms with van der Waals surface area (Å²) in [5, 5.41) is 2.17. The van der Waals surface area contributed by atoms with E-state index < -0.39 is 0 Å². The van der Waals surface area contributed by atoms with E-state index in [9.17, 15) is 4.79 Å². The average molecular weight is 326 g/mol. The Morgan fingerprint density at radius 3 is 2.50 bits per heavy atom. The molecule has 0 aliphatic heterocycles. The van der Waals surface area contributed by atoms with E-state index in [-0.39, 0.29) is 11.9 Å². The summed E-state index contributed by atoms with van der Waals surface area (Å²) in [6, 6.07) is 8.10. The number of H-pyrrole nitrogens is 1. The molecule has 0 spiro atoms. The number of esters is 1. The van der Waals surface area contributed by atoms with E-state index in [2.05, 4.69) is 29.9 Å². The maximum absolute atomic E-state index is 12.0. The van der Waals surface area contributed by atoms with Crippen molar-refractivity contribution >= 4 is 34.1 Å². The van der Waals surface area contributed by atoms with Crippen molar-refractivity contribution in [1.82, 2.24) is 9.97 Å². The molecule has 0 radical (unpaired) electrons. The summed E-state index contributed by atoms with van der Waals surface area (Å²) in [4.78, 5) is 28.8. The molecule has 0 saturated carbocycles. The van der Waals surface area contributed by atoms with Crippen LogP contribution in [0.3, 0.4) is 0 Å². The standard InChI is InChI=1S/C17H18N2O2.C2H4O/c1-9(2)14-16-13(10(3)15(19-14)17(20)21-4)11-7-5-6-8-12(11)18-16;1-2-3/h5-9,18H,1-4H3;2H,1H3. The lowest BCUT2D eigenvalue weighted by atomic mass is 10.0. The van der Waals surface area contributed by atoms with Gasteiger partial charge in [-0.2, -0.15) is 0 Å². The minimum Gasteiger partial charge on any atom is -0.464 e. The molecule has 0 aliphatic rings. The molecule has 126 valence electrons. The number of methoxy groups -OCH3 is 1. The van der Waals surface area contributed by atoms with Crippen LogP contribution in [0.1, 0.15) is 48.4 Å². The molecule has 24 heavy (non-hydrogen) atoms. The minimum atomic E-state index is -0.387. The maximum atomic E-state index is 12.0. The highest BCUT2D eigenvalue weighted by Crippen LogP contribution is 2.33. The molecule has 0 amide bonds. The number of aldehydes is 1. The van der Waals surface area contributed by atoms with E-state index in [0.29, 0.717) is 5.69 Å². The van der Waals surface area contributed by atoms with Crippen LogP contribution < -0.4 is 0 Å². The maximum Gasteiger partial charge on any atom is 0.356 e. The van der Waals surface area contributed by atoms with E-state index in [4.69, 9.17) is 9.53 Å². The van der Waals surface area contributed by atoms with Gasteiger partial charge >= 0.3 is 5.97 Å². The van der Waals surface area contributed by atoms with E-state index >= 15 is 0 Å². The number of fused-ring (bicyclic) bond motifs is 3. The van der Waals surface area contributed by atoms with Gasteiger partial charge in [0.05, 0.1) is 18.3 Å². The summed E-state index contributed by atoms with van der Waals surface area (Å²) in [7, 11) is 1.39. The fourth-order valence-corrected chi connectivity index (χ4v) is 2.82. The largest absolute Gasteiger partial charge is 0.464 e.